The number of rotatable bonds is 2. The van der Waals surface area contributed by atoms with Gasteiger partial charge >= 0.3 is 6.03 Å². The van der Waals surface area contributed by atoms with E-state index in [1.807, 2.05) is 24.3 Å². The molecular weight excluding hydrogens is 232 g/mol. The third-order valence-corrected chi connectivity index (χ3v) is 1.91. The summed E-state index contributed by atoms with van der Waals surface area (Å²) in [7, 11) is 0. The van der Waals surface area contributed by atoms with Crippen LogP contribution in [0.5, 0.6) is 0 Å². The van der Waals surface area contributed by atoms with Gasteiger partial charge < -0.3 is 10.6 Å². The first-order valence-electron chi connectivity index (χ1n) is 3.83. The molecule has 0 saturated heterocycles. The first-order valence-corrected chi connectivity index (χ1v) is 4.62. The minimum Gasteiger partial charge on any atom is -0.333 e. The van der Waals surface area contributed by atoms with E-state index >= 15 is 0 Å². The fourth-order valence-corrected chi connectivity index (χ4v) is 1.10. The molecule has 0 aliphatic heterocycles. The van der Waals surface area contributed by atoms with Gasteiger partial charge in [0.2, 0.25) is 0 Å². The van der Waals surface area contributed by atoms with Crippen LogP contribution in [0.15, 0.2) is 28.7 Å². The number of hydrogen-bond donors (Lipinski definition) is 2. The van der Waals surface area contributed by atoms with Crippen molar-refractivity contribution in [3.05, 3.63) is 35.3 Å². The molecule has 0 aromatic heterocycles. The molecule has 1 aromatic rings. The van der Waals surface area contributed by atoms with E-state index < -0.39 is 0 Å². The van der Waals surface area contributed by atoms with E-state index in [0.717, 1.165) is 10.2 Å². The minimum absolute atomic E-state index is 0.232. The number of benzene rings is 1. The molecular formula is C9H10BrN2O. The summed E-state index contributed by atoms with van der Waals surface area (Å²) in [6, 6.07) is 7.14. The van der Waals surface area contributed by atoms with Crippen LogP contribution in [0.3, 0.4) is 0 Å². The molecule has 3 nitrogen and oxygen atoms in total. The van der Waals surface area contributed by atoms with E-state index in [1.165, 1.54) is 0 Å². The zero-order valence-electron chi connectivity index (χ0n) is 7.17. The lowest BCUT2D eigenvalue weighted by Gasteiger charge is -2.04. The van der Waals surface area contributed by atoms with Gasteiger partial charge in [0.15, 0.2) is 0 Å². The smallest absolute Gasteiger partial charge is 0.319 e. The SMILES string of the molecule is C[CH]NC(=O)Nc1ccc(Br)cc1. The first-order chi connectivity index (χ1) is 6.22. The summed E-state index contributed by atoms with van der Waals surface area (Å²) < 4.78 is 0.987. The first kappa shape index (κ1) is 10.1. The van der Waals surface area contributed by atoms with E-state index in [2.05, 4.69) is 26.6 Å². The number of nitrogens with one attached hydrogen (secondary N) is 2. The molecule has 4 heteroatoms. The highest BCUT2D eigenvalue weighted by atomic mass is 79.9. The number of carbonyl (C=O) groups excluding carboxylic acids is 1. The van der Waals surface area contributed by atoms with Gasteiger partial charge in [0.1, 0.15) is 0 Å². The normalized spacial score (nSPS) is 9.38. The molecule has 0 saturated carbocycles. The van der Waals surface area contributed by atoms with Gasteiger partial charge in [-0.05, 0) is 31.2 Å². The molecule has 0 aliphatic carbocycles. The molecule has 0 aliphatic rings. The van der Waals surface area contributed by atoms with E-state index in [-0.39, 0.29) is 6.03 Å². The van der Waals surface area contributed by atoms with Crippen LogP contribution in [-0.4, -0.2) is 6.03 Å². The van der Waals surface area contributed by atoms with Crippen LogP contribution in [0.4, 0.5) is 10.5 Å². The van der Waals surface area contributed by atoms with E-state index in [9.17, 15) is 4.79 Å². The molecule has 13 heavy (non-hydrogen) atoms. The number of halogens is 1. The average Bonchev–Trinajstić information content (AvgIpc) is 2.09. The maximum absolute atomic E-state index is 11.0. The van der Waals surface area contributed by atoms with Gasteiger partial charge in [0.25, 0.3) is 0 Å². The molecule has 2 N–H and O–H groups in total. The summed E-state index contributed by atoms with van der Waals surface area (Å²) >= 11 is 3.31. The number of urea groups is 1. The van der Waals surface area contributed by atoms with Crippen LogP contribution in [0, 0.1) is 6.54 Å². The fraction of sp³-hybridized carbons (Fsp3) is 0.111. The van der Waals surface area contributed by atoms with Gasteiger partial charge in [0.05, 0.1) is 0 Å². The van der Waals surface area contributed by atoms with Crippen LogP contribution in [-0.2, 0) is 0 Å². The van der Waals surface area contributed by atoms with Crippen molar-refractivity contribution in [2.75, 3.05) is 5.32 Å². The lowest BCUT2D eigenvalue weighted by atomic mass is 10.3. The Morgan fingerprint density at radius 3 is 2.54 bits per heavy atom. The lowest BCUT2D eigenvalue weighted by molar-refractivity contribution is 0.254. The van der Waals surface area contributed by atoms with Crippen molar-refractivity contribution >= 4 is 27.6 Å². The maximum atomic E-state index is 11.0. The second-order valence-corrected chi connectivity index (χ2v) is 3.31. The largest absolute Gasteiger partial charge is 0.333 e. The molecule has 1 radical (unpaired) electrons. The molecule has 1 aromatic carbocycles. The minimum atomic E-state index is -0.232. The van der Waals surface area contributed by atoms with Gasteiger partial charge in [-0.25, -0.2) is 4.79 Å². The molecule has 0 bridgehead atoms. The summed E-state index contributed by atoms with van der Waals surface area (Å²) in [4.78, 5) is 11.0. The highest BCUT2D eigenvalue weighted by Gasteiger charge is 1.98. The van der Waals surface area contributed by atoms with Crippen LogP contribution in [0.1, 0.15) is 6.92 Å². The second kappa shape index (κ2) is 4.87. The number of amides is 2. The van der Waals surface area contributed by atoms with Crippen molar-refractivity contribution < 1.29 is 4.79 Å². The van der Waals surface area contributed by atoms with Crippen molar-refractivity contribution in [2.45, 2.75) is 6.92 Å². The topological polar surface area (TPSA) is 41.1 Å². The van der Waals surface area contributed by atoms with Gasteiger partial charge in [-0.2, -0.15) is 0 Å². The Morgan fingerprint density at radius 1 is 1.38 bits per heavy atom. The molecule has 0 fully saturated rings. The van der Waals surface area contributed by atoms with Crippen molar-refractivity contribution in [2.24, 2.45) is 0 Å². The Hall–Kier alpha value is -1.03. The van der Waals surface area contributed by atoms with Crippen molar-refractivity contribution in [1.82, 2.24) is 5.32 Å². The van der Waals surface area contributed by atoms with E-state index in [0.29, 0.717) is 0 Å². The quantitative estimate of drug-likeness (QED) is 0.822. The predicted octanol–water partition coefficient (Wildman–Crippen LogP) is 2.75. The summed E-state index contributed by atoms with van der Waals surface area (Å²) in [5, 5.41) is 5.19. The summed E-state index contributed by atoms with van der Waals surface area (Å²) in [6.45, 7) is 3.33. The predicted molar refractivity (Wildman–Crippen MR) is 56.3 cm³/mol. The van der Waals surface area contributed by atoms with Crippen LogP contribution in [0.2, 0.25) is 0 Å². The summed E-state index contributed by atoms with van der Waals surface area (Å²) in [5.74, 6) is 0. The number of anilines is 1. The number of carbonyl (C=O) groups is 1. The van der Waals surface area contributed by atoms with E-state index in [1.54, 1.807) is 13.5 Å². The highest BCUT2D eigenvalue weighted by molar-refractivity contribution is 9.10. The summed E-state index contributed by atoms with van der Waals surface area (Å²) in [5.41, 5.74) is 0.766. The Morgan fingerprint density at radius 2 is 2.00 bits per heavy atom. The van der Waals surface area contributed by atoms with Gasteiger partial charge in [-0.15, -0.1) is 0 Å². The van der Waals surface area contributed by atoms with Gasteiger partial charge in [0, 0.05) is 16.7 Å². The molecule has 0 atom stereocenters. The Labute approximate surface area is 85.7 Å². The molecule has 69 valence electrons. The van der Waals surface area contributed by atoms with Crippen LogP contribution < -0.4 is 10.6 Å². The van der Waals surface area contributed by atoms with Crippen LogP contribution in [0.25, 0.3) is 0 Å². The van der Waals surface area contributed by atoms with Gasteiger partial charge in [-0.1, -0.05) is 15.9 Å². The molecule has 0 spiro atoms. The van der Waals surface area contributed by atoms with E-state index in [4.69, 9.17) is 0 Å². The second-order valence-electron chi connectivity index (χ2n) is 2.39. The standard InChI is InChI=1S/C9H10BrN2O/c1-2-11-9(13)12-8-5-3-7(10)4-6-8/h2-6H,1H3,(H2,11,12,13). The maximum Gasteiger partial charge on any atom is 0.319 e. The number of hydrogen-bond acceptors (Lipinski definition) is 1. The third kappa shape index (κ3) is 3.46. The van der Waals surface area contributed by atoms with Crippen molar-refractivity contribution in [3.63, 3.8) is 0 Å². The zero-order valence-corrected chi connectivity index (χ0v) is 8.76. The molecule has 2 amide bonds. The Bertz CT molecular complexity index is 284. The highest BCUT2D eigenvalue weighted by Crippen LogP contribution is 2.13. The van der Waals surface area contributed by atoms with Crippen molar-refractivity contribution in [3.8, 4) is 0 Å². The van der Waals surface area contributed by atoms with Gasteiger partial charge in [-0.3, -0.25) is 0 Å². The average molecular weight is 242 g/mol. The Kier molecular flexibility index (Phi) is 3.76. The zero-order chi connectivity index (χ0) is 9.68. The molecule has 0 heterocycles. The third-order valence-electron chi connectivity index (χ3n) is 1.38. The molecule has 1 rings (SSSR count). The Balaban J connectivity index is 2.54. The molecule has 0 unspecified atom stereocenters. The monoisotopic (exact) mass is 241 g/mol. The summed E-state index contributed by atoms with van der Waals surface area (Å²) in [6.07, 6.45) is 0. The fourth-order valence-electron chi connectivity index (χ4n) is 0.831. The van der Waals surface area contributed by atoms with Crippen molar-refractivity contribution in [1.29, 1.82) is 0 Å². The van der Waals surface area contributed by atoms with Crippen LogP contribution >= 0.6 is 15.9 Å². The lowest BCUT2D eigenvalue weighted by Crippen LogP contribution is -2.25.